The fraction of sp³-hybridized carbons (Fsp3) is 0.667. The van der Waals surface area contributed by atoms with Gasteiger partial charge in [0.1, 0.15) is 0 Å². The molecule has 2 atom stereocenters. The lowest BCUT2D eigenvalue weighted by atomic mass is 9.99. The Morgan fingerprint density at radius 2 is 1.91 bits per heavy atom. The SMILES string of the molecule is CCCCCC(CC(O)CCc1ccc(O)c(OC)c1)OC. The van der Waals surface area contributed by atoms with Crippen LogP contribution in [0, 0.1) is 0 Å². The molecule has 1 rings (SSSR count). The van der Waals surface area contributed by atoms with Crippen LogP contribution in [-0.2, 0) is 11.2 Å². The molecule has 1 aromatic rings. The summed E-state index contributed by atoms with van der Waals surface area (Å²) in [6.45, 7) is 2.18. The van der Waals surface area contributed by atoms with E-state index in [9.17, 15) is 10.2 Å². The summed E-state index contributed by atoms with van der Waals surface area (Å²) in [5.41, 5.74) is 1.05. The van der Waals surface area contributed by atoms with Crippen molar-refractivity contribution in [2.24, 2.45) is 0 Å². The molecule has 0 spiro atoms. The lowest BCUT2D eigenvalue weighted by molar-refractivity contribution is 0.0361. The van der Waals surface area contributed by atoms with E-state index in [0.717, 1.165) is 24.8 Å². The number of ether oxygens (including phenoxy) is 2. The van der Waals surface area contributed by atoms with Gasteiger partial charge in [0.25, 0.3) is 0 Å². The number of unbranched alkanes of at least 4 members (excludes halogenated alkanes) is 2. The van der Waals surface area contributed by atoms with Crippen molar-refractivity contribution in [2.75, 3.05) is 14.2 Å². The van der Waals surface area contributed by atoms with Crippen molar-refractivity contribution in [3.05, 3.63) is 23.8 Å². The first-order valence-corrected chi connectivity index (χ1v) is 8.17. The van der Waals surface area contributed by atoms with Gasteiger partial charge in [-0.3, -0.25) is 0 Å². The summed E-state index contributed by atoms with van der Waals surface area (Å²) < 4.78 is 10.6. The molecule has 22 heavy (non-hydrogen) atoms. The van der Waals surface area contributed by atoms with Crippen molar-refractivity contribution >= 4 is 0 Å². The maximum absolute atomic E-state index is 10.2. The fourth-order valence-corrected chi connectivity index (χ4v) is 2.59. The smallest absolute Gasteiger partial charge is 0.160 e. The molecule has 0 fully saturated rings. The number of aliphatic hydroxyl groups excluding tert-OH is 1. The van der Waals surface area contributed by atoms with Gasteiger partial charge in [-0.2, -0.15) is 0 Å². The Hall–Kier alpha value is -1.26. The molecule has 2 unspecified atom stereocenters. The standard InChI is InChI=1S/C18H30O4/c1-4-5-6-7-16(21-2)13-15(19)10-8-14-9-11-17(20)18(12-14)22-3/h9,11-12,15-16,19-20H,4-8,10,13H2,1-3H3. The average Bonchev–Trinajstić information content (AvgIpc) is 2.53. The molecule has 4 nitrogen and oxygen atoms in total. The third kappa shape index (κ3) is 6.67. The number of benzene rings is 1. The molecular formula is C18H30O4. The van der Waals surface area contributed by atoms with Crippen molar-refractivity contribution in [3.63, 3.8) is 0 Å². The van der Waals surface area contributed by atoms with Crippen LogP contribution in [0.3, 0.4) is 0 Å². The number of phenolic OH excluding ortho intramolecular Hbond substituents is 1. The minimum absolute atomic E-state index is 0.135. The second-order valence-corrected chi connectivity index (χ2v) is 5.79. The second kappa shape index (κ2) is 10.5. The Morgan fingerprint density at radius 3 is 2.55 bits per heavy atom. The van der Waals surface area contributed by atoms with Crippen LogP contribution in [0.15, 0.2) is 18.2 Å². The minimum Gasteiger partial charge on any atom is -0.504 e. The Kier molecular flexibility index (Phi) is 8.94. The third-order valence-corrected chi connectivity index (χ3v) is 4.01. The Balaban J connectivity index is 2.39. The molecule has 0 aliphatic carbocycles. The summed E-state index contributed by atoms with van der Waals surface area (Å²) in [7, 11) is 3.25. The second-order valence-electron chi connectivity index (χ2n) is 5.79. The van der Waals surface area contributed by atoms with E-state index in [4.69, 9.17) is 9.47 Å². The highest BCUT2D eigenvalue weighted by Crippen LogP contribution is 2.27. The van der Waals surface area contributed by atoms with Crippen LogP contribution in [-0.4, -0.2) is 36.6 Å². The Labute approximate surface area is 134 Å². The van der Waals surface area contributed by atoms with Crippen molar-refractivity contribution < 1.29 is 19.7 Å². The van der Waals surface area contributed by atoms with Crippen LogP contribution < -0.4 is 4.74 Å². The van der Waals surface area contributed by atoms with Gasteiger partial charge in [-0.15, -0.1) is 0 Å². The maximum atomic E-state index is 10.2. The molecule has 1 aromatic carbocycles. The Morgan fingerprint density at radius 1 is 1.14 bits per heavy atom. The van der Waals surface area contributed by atoms with Gasteiger partial charge < -0.3 is 19.7 Å². The van der Waals surface area contributed by atoms with Gasteiger partial charge in [0.2, 0.25) is 0 Å². The zero-order valence-electron chi connectivity index (χ0n) is 14.0. The normalized spacial score (nSPS) is 13.8. The molecule has 0 aromatic heterocycles. The number of rotatable bonds is 11. The molecule has 0 bridgehead atoms. The number of aryl methyl sites for hydroxylation is 1. The number of phenols is 1. The van der Waals surface area contributed by atoms with Crippen molar-refractivity contribution in [3.8, 4) is 11.5 Å². The maximum Gasteiger partial charge on any atom is 0.160 e. The van der Waals surface area contributed by atoms with E-state index in [1.165, 1.54) is 20.0 Å². The predicted molar refractivity (Wildman–Crippen MR) is 88.5 cm³/mol. The summed E-state index contributed by atoms with van der Waals surface area (Å²) in [5, 5.41) is 19.8. The zero-order chi connectivity index (χ0) is 16.4. The van der Waals surface area contributed by atoms with Gasteiger partial charge in [0, 0.05) is 7.11 Å². The lowest BCUT2D eigenvalue weighted by Crippen LogP contribution is -2.20. The molecule has 2 N–H and O–H groups in total. The van der Waals surface area contributed by atoms with Crippen molar-refractivity contribution in [1.82, 2.24) is 0 Å². The predicted octanol–water partition coefficient (Wildman–Crippen LogP) is 3.68. The van der Waals surface area contributed by atoms with E-state index in [2.05, 4.69) is 6.92 Å². The van der Waals surface area contributed by atoms with Gasteiger partial charge in [-0.1, -0.05) is 32.3 Å². The summed E-state index contributed by atoms with van der Waals surface area (Å²) >= 11 is 0. The van der Waals surface area contributed by atoms with Gasteiger partial charge in [0.15, 0.2) is 11.5 Å². The summed E-state index contributed by atoms with van der Waals surface area (Å²) in [5.74, 6) is 0.614. The first-order valence-electron chi connectivity index (χ1n) is 8.17. The van der Waals surface area contributed by atoms with Crippen LogP contribution in [0.25, 0.3) is 0 Å². The summed E-state index contributed by atoms with van der Waals surface area (Å²) in [6, 6.07) is 5.31. The largest absolute Gasteiger partial charge is 0.504 e. The minimum atomic E-state index is -0.369. The molecule has 126 valence electrons. The van der Waals surface area contributed by atoms with E-state index in [1.807, 2.05) is 12.1 Å². The number of aliphatic hydroxyl groups is 1. The molecule has 0 saturated carbocycles. The average molecular weight is 310 g/mol. The summed E-state index contributed by atoms with van der Waals surface area (Å²) in [4.78, 5) is 0. The van der Waals surface area contributed by atoms with Gasteiger partial charge in [-0.05, 0) is 43.4 Å². The van der Waals surface area contributed by atoms with Gasteiger partial charge in [0.05, 0.1) is 19.3 Å². The number of hydrogen-bond donors (Lipinski definition) is 2. The highest BCUT2D eigenvalue weighted by molar-refractivity contribution is 5.41. The Bertz CT molecular complexity index is 420. The number of methoxy groups -OCH3 is 2. The topological polar surface area (TPSA) is 58.9 Å². The summed E-state index contributed by atoms with van der Waals surface area (Å²) in [6.07, 6.45) is 6.44. The molecule has 0 heterocycles. The number of hydrogen-bond acceptors (Lipinski definition) is 4. The third-order valence-electron chi connectivity index (χ3n) is 4.01. The first kappa shape index (κ1) is 18.8. The van der Waals surface area contributed by atoms with Crippen LogP contribution in [0.5, 0.6) is 11.5 Å². The van der Waals surface area contributed by atoms with Crippen molar-refractivity contribution in [1.29, 1.82) is 0 Å². The zero-order valence-corrected chi connectivity index (χ0v) is 14.0. The van der Waals surface area contributed by atoms with E-state index >= 15 is 0 Å². The molecule has 0 saturated heterocycles. The molecule has 0 aliphatic heterocycles. The van der Waals surface area contributed by atoms with E-state index in [0.29, 0.717) is 18.6 Å². The molecule has 0 radical (unpaired) electrons. The van der Waals surface area contributed by atoms with Crippen LogP contribution in [0.4, 0.5) is 0 Å². The van der Waals surface area contributed by atoms with Gasteiger partial charge >= 0.3 is 0 Å². The monoisotopic (exact) mass is 310 g/mol. The van der Waals surface area contributed by atoms with Crippen molar-refractivity contribution in [2.45, 2.75) is 64.1 Å². The van der Waals surface area contributed by atoms with Gasteiger partial charge in [-0.25, -0.2) is 0 Å². The highest BCUT2D eigenvalue weighted by atomic mass is 16.5. The van der Waals surface area contributed by atoms with Crippen LogP contribution in [0.1, 0.15) is 51.0 Å². The van der Waals surface area contributed by atoms with Crippen LogP contribution >= 0.6 is 0 Å². The van der Waals surface area contributed by atoms with E-state index in [1.54, 1.807) is 13.2 Å². The molecule has 4 heteroatoms. The highest BCUT2D eigenvalue weighted by Gasteiger charge is 2.14. The first-order chi connectivity index (χ1) is 10.6. The quantitative estimate of drug-likeness (QED) is 0.612. The van der Waals surface area contributed by atoms with Crippen LogP contribution in [0.2, 0.25) is 0 Å². The fourth-order valence-electron chi connectivity index (χ4n) is 2.59. The molecular weight excluding hydrogens is 280 g/mol. The molecule has 0 aliphatic rings. The number of aromatic hydroxyl groups is 1. The van der Waals surface area contributed by atoms with E-state index < -0.39 is 0 Å². The van der Waals surface area contributed by atoms with E-state index in [-0.39, 0.29) is 18.0 Å². The molecule has 0 amide bonds. The lowest BCUT2D eigenvalue weighted by Gasteiger charge is -2.19.